The monoisotopic (exact) mass is 603 g/mol. The van der Waals surface area contributed by atoms with Crippen molar-refractivity contribution in [2.75, 3.05) is 16.6 Å². The summed E-state index contributed by atoms with van der Waals surface area (Å²) >= 11 is 6.65. The minimum absolute atomic E-state index is 0.0776. The van der Waals surface area contributed by atoms with E-state index in [2.05, 4.69) is 30.0 Å². The lowest BCUT2D eigenvalue weighted by atomic mass is 10.1. The van der Waals surface area contributed by atoms with Crippen molar-refractivity contribution in [3.05, 3.63) is 71.2 Å². The Morgan fingerprint density at radius 3 is 2.73 bits per heavy atom. The van der Waals surface area contributed by atoms with Gasteiger partial charge in [0, 0.05) is 18.4 Å². The Kier molecular flexibility index (Phi) is 7.08. The van der Waals surface area contributed by atoms with Crippen molar-refractivity contribution < 1.29 is 21.9 Å². The highest BCUT2D eigenvalue weighted by molar-refractivity contribution is 7.94. The van der Waals surface area contributed by atoms with Gasteiger partial charge in [0.2, 0.25) is 0 Å². The summed E-state index contributed by atoms with van der Waals surface area (Å²) in [4.78, 5) is 17.6. The molecule has 1 saturated heterocycles. The molecule has 6 rings (SSSR count). The number of nitrogens with one attached hydrogen (secondary N) is 2. The van der Waals surface area contributed by atoms with Gasteiger partial charge in [-0.2, -0.15) is 0 Å². The van der Waals surface area contributed by atoms with Crippen LogP contribution < -0.4 is 10.0 Å². The summed E-state index contributed by atoms with van der Waals surface area (Å²) in [5.74, 6) is -2.04. The average molecular weight is 604 g/mol. The van der Waals surface area contributed by atoms with Crippen molar-refractivity contribution in [3.8, 4) is 11.3 Å². The van der Waals surface area contributed by atoms with E-state index in [1.807, 2.05) is 4.57 Å². The molecule has 10 nitrogen and oxygen atoms in total. The minimum atomic E-state index is -4.16. The van der Waals surface area contributed by atoms with E-state index in [4.69, 9.17) is 16.3 Å². The fourth-order valence-electron chi connectivity index (χ4n) is 4.40. The summed E-state index contributed by atoms with van der Waals surface area (Å²) in [5, 5.41) is 2.68. The van der Waals surface area contributed by atoms with Gasteiger partial charge in [0.1, 0.15) is 45.3 Å². The van der Waals surface area contributed by atoms with E-state index >= 15 is 4.39 Å². The molecular formula is C25H20ClF2N7O3S2. The average Bonchev–Trinajstić information content (AvgIpc) is 3.60. The molecule has 0 aliphatic carbocycles. The van der Waals surface area contributed by atoms with Gasteiger partial charge < -0.3 is 10.1 Å². The number of hydrogen-bond acceptors (Lipinski definition) is 9. The van der Waals surface area contributed by atoms with Crippen LogP contribution in [0.25, 0.3) is 22.4 Å². The number of nitrogens with zero attached hydrogens (tertiary/aromatic N) is 5. The highest BCUT2D eigenvalue weighted by Crippen LogP contribution is 2.36. The lowest BCUT2D eigenvalue weighted by molar-refractivity contribution is -0.0298. The zero-order valence-electron chi connectivity index (χ0n) is 20.5. The maximum Gasteiger partial charge on any atom is 0.271 e. The molecule has 0 spiro atoms. The molecule has 5 heterocycles. The highest BCUT2D eigenvalue weighted by atomic mass is 35.5. The largest absolute Gasteiger partial charge is 0.358 e. The normalized spacial score (nSPS) is 15.8. The highest BCUT2D eigenvalue weighted by Gasteiger charge is 2.24. The third-order valence-electron chi connectivity index (χ3n) is 6.28. The second kappa shape index (κ2) is 10.7. The van der Waals surface area contributed by atoms with Crippen LogP contribution in [0, 0.1) is 11.6 Å². The van der Waals surface area contributed by atoms with Gasteiger partial charge in [0.25, 0.3) is 10.0 Å². The van der Waals surface area contributed by atoms with Crippen molar-refractivity contribution >= 4 is 61.3 Å². The van der Waals surface area contributed by atoms with E-state index in [9.17, 15) is 12.8 Å². The van der Waals surface area contributed by atoms with Gasteiger partial charge in [-0.1, -0.05) is 11.6 Å². The summed E-state index contributed by atoms with van der Waals surface area (Å²) in [6.07, 6.45) is 7.09. The number of imidazole rings is 1. The summed E-state index contributed by atoms with van der Waals surface area (Å²) in [6.45, 7) is 0.645. The molecule has 0 bridgehead atoms. The molecule has 1 atom stereocenters. The standard InChI is InChI=1S/C25H20ClF2N7O3S2/c26-17-8-9-19(39-17)40(36,37)34-16-7-6-15(27)22(20(16)28)33-24-14(4-3-10-29-24)21-23-25(31-12-30-21)35(13-32-23)18-5-1-2-11-38-18/h3-4,6-10,12-13,18,34H,1-2,5,11H2,(H,29,33). The Morgan fingerprint density at radius 2 is 1.95 bits per heavy atom. The first kappa shape index (κ1) is 26.5. The van der Waals surface area contributed by atoms with Crippen LogP contribution in [0.4, 0.5) is 26.0 Å². The second-order valence-corrected chi connectivity index (χ2v) is 12.5. The fraction of sp³-hybridized carbons (Fsp3) is 0.200. The predicted octanol–water partition coefficient (Wildman–Crippen LogP) is 6.12. The van der Waals surface area contributed by atoms with Crippen molar-refractivity contribution in [3.63, 3.8) is 0 Å². The van der Waals surface area contributed by atoms with Crippen LogP contribution in [-0.2, 0) is 14.8 Å². The van der Waals surface area contributed by atoms with Gasteiger partial charge in [-0.3, -0.25) is 9.29 Å². The van der Waals surface area contributed by atoms with Crippen molar-refractivity contribution in [1.82, 2.24) is 24.5 Å². The molecule has 0 saturated carbocycles. The molecule has 5 aromatic rings. The van der Waals surface area contributed by atoms with Crippen LogP contribution in [0.1, 0.15) is 25.5 Å². The number of rotatable bonds is 7. The zero-order chi connectivity index (χ0) is 27.9. The van der Waals surface area contributed by atoms with Gasteiger partial charge >= 0.3 is 0 Å². The van der Waals surface area contributed by atoms with Crippen LogP contribution >= 0.6 is 22.9 Å². The van der Waals surface area contributed by atoms with Crippen LogP contribution in [0.2, 0.25) is 4.34 Å². The fourth-order valence-corrected chi connectivity index (χ4v) is 6.94. The number of thiophene rings is 1. The molecule has 1 aliphatic rings. The third kappa shape index (κ3) is 4.98. The van der Waals surface area contributed by atoms with E-state index in [-0.39, 0.29) is 20.6 Å². The number of sulfonamides is 1. The van der Waals surface area contributed by atoms with Gasteiger partial charge in [-0.05, 0) is 55.7 Å². The predicted molar refractivity (Wildman–Crippen MR) is 147 cm³/mol. The molecule has 0 radical (unpaired) electrons. The zero-order valence-corrected chi connectivity index (χ0v) is 22.9. The first-order valence-corrected chi connectivity index (χ1v) is 14.8. The number of pyridine rings is 1. The van der Waals surface area contributed by atoms with Crippen molar-refractivity contribution in [2.45, 2.75) is 29.7 Å². The maximum absolute atomic E-state index is 15.5. The smallest absolute Gasteiger partial charge is 0.271 e. The quantitative estimate of drug-likeness (QED) is 0.228. The minimum Gasteiger partial charge on any atom is -0.358 e. The Labute approximate surface area is 236 Å². The van der Waals surface area contributed by atoms with E-state index in [0.717, 1.165) is 42.7 Å². The third-order valence-corrected chi connectivity index (χ3v) is 9.37. The Bertz CT molecular complexity index is 1820. The van der Waals surface area contributed by atoms with Crippen LogP contribution in [0.5, 0.6) is 0 Å². The van der Waals surface area contributed by atoms with Gasteiger partial charge in [0.05, 0.1) is 16.4 Å². The Morgan fingerprint density at radius 1 is 1.07 bits per heavy atom. The molecule has 1 aliphatic heterocycles. The molecule has 1 fully saturated rings. The Balaban J connectivity index is 1.36. The maximum atomic E-state index is 15.5. The first-order valence-electron chi connectivity index (χ1n) is 12.1. The number of benzene rings is 1. The number of aromatic nitrogens is 5. The summed E-state index contributed by atoms with van der Waals surface area (Å²) in [6, 6.07) is 7.97. The molecule has 0 amide bonds. The lowest BCUT2D eigenvalue weighted by Crippen LogP contribution is -2.17. The molecule has 4 aromatic heterocycles. The van der Waals surface area contributed by atoms with Crippen LogP contribution in [0.3, 0.4) is 0 Å². The number of fused-ring (bicyclic) bond motifs is 1. The first-order chi connectivity index (χ1) is 19.3. The topological polar surface area (TPSA) is 124 Å². The second-order valence-electron chi connectivity index (χ2n) is 8.84. The molecule has 1 unspecified atom stereocenters. The SMILES string of the molecule is O=S(=O)(Nc1ccc(F)c(Nc2ncccc2-c2ncnc3c2ncn3C2CCCCO2)c1F)c1ccc(Cl)s1. The molecule has 40 heavy (non-hydrogen) atoms. The lowest BCUT2D eigenvalue weighted by Gasteiger charge is -2.23. The number of hydrogen-bond donors (Lipinski definition) is 2. The molecular weight excluding hydrogens is 584 g/mol. The Hall–Kier alpha value is -3.72. The van der Waals surface area contributed by atoms with E-state index < -0.39 is 33.0 Å². The number of halogens is 3. The van der Waals surface area contributed by atoms with Crippen molar-refractivity contribution in [2.24, 2.45) is 0 Å². The number of ether oxygens (including phenoxy) is 1. The van der Waals surface area contributed by atoms with Gasteiger partial charge in [-0.25, -0.2) is 37.1 Å². The van der Waals surface area contributed by atoms with E-state index in [1.54, 1.807) is 18.5 Å². The van der Waals surface area contributed by atoms with Crippen molar-refractivity contribution in [1.29, 1.82) is 0 Å². The summed E-state index contributed by atoms with van der Waals surface area (Å²) < 4.78 is 65.9. The number of anilines is 3. The van der Waals surface area contributed by atoms with Gasteiger partial charge in [-0.15, -0.1) is 11.3 Å². The van der Waals surface area contributed by atoms with Crippen LogP contribution in [-0.4, -0.2) is 39.5 Å². The summed E-state index contributed by atoms with van der Waals surface area (Å²) in [7, 11) is -4.16. The molecule has 2 N–H and O–H groups in total. The van der Waals surface area contributed by atoms with Crippen LogP contribution in [0.15, 0.2) is 59.5 Å². The van der Waals surface area contributed by atoms with E-state index in [1.165, 1.54) is 24.7 Å². The molecule has 15 heteroatoms. The van der Waals surface area contributed by atoms with E-state index in [0.29, 0.717) is 29.0 Å². The van der Waals surface area contributed by atoms with Gasteiger partial charge in [0.15, 0.2) is 11.5 Å². The molecule has 1 aromatic carbocycles. The molecule has 206 valence electrons. The summed E-state index contributed by atoms with van der Waals surface area (Å²) in [5.41, 5.74) is 0.751.